The average Bonchev–Trinajstić information content (AvgIpc) is 3.10. The zero-order valence-electron chi connectivity index (χ0n) is 13.2. The van der Waals surface area contributed by atoms with E-state index in [4.69, 9.17) is 10.5 Å². The zero-order valence-corrected chi connectivity index (χ0v) is 14.0. The Bertz CT molecular complexity index is 576. The van der Waals surface area contributed by atoms with Gasteiger partial charge in [-0.3, -0.25) is 4.68 Å². The Morgan fingerprint density at radius 3 is 2.76 bits per heavy atom. The lowest BCUT2D eigenvalue weighted by molar-refractivity contribution is 0.363. The molecule has 0 aromatic carbocycles. The maximum absolute atomic E-state index is 6.47. The molecule has 0 radical (unpaired) electrons. The lowest BCUT2D eigenvalue weighted by Gasteiger charge is -2.16. The molecule has 2 rings (SSSR count). The summed E-state index contributed by atoms with van der Waals surface area (Å²) in [6.45, 7) is 3.86. The number of likely N-dealkylation sites (N-methyl/N-ethyl adjacent to an activating group) is 1. The van der Waals surface area contributed by atoms with Crippen LogP contribution in [0.5, 0.6) is 5.75 Å². The van der Waals surface area contributed by atoms with Crippen LogP contribution in [0.1, 0.15) is 28.4 Å². The second-order valence-electron chi connectivity index (χ2n) is 5.26. The van der Waals surface area contributed by atoms with Gasteiger partial charge in [0.2, 0.25) is 0 Å². The minimum atomic E-state index is -0.199. The number of aromatic nitrogens is 2. The highest BCUT2D eigenvalue weighted by molar-refractivity contribution is 7.12. The SMILES string of the molecule is CCc1ccc(C(N)c2c(OC)cnn2CCN(C)C)s1. The van der Waals surface area contributed by atoms with Gasteiger partial charge in [-0.15, -0.1) is 11.3 Å². The van der Waals surface area contributed by atoms with Gasteiger partial charge in [-0.2, -0.15) is 5.10 Å². The van der Waals surface area contributed by atoms with Gasteiger partial charge in [0, 0.05) is 16.3 Å². The van der Waals surface area contributed by atoms with Gasteiger partial charge in [-0.05, 0) is 32.6 Å². The molecule has 2 aromatic rings. The molecule has 2 aromatic heterocycles. The number of hydrogen-bond donors (Lipinski definition) is 1. The number of aryl methyl sites for hydroxylation is 1. The van der Waals surface area contributed by atoms with E-state index in [1.165, 1.54) is 4.88 Å². The summed E-state index contributed by atoms with van der Waals surface area (Å²) in [6, 6.07) is 4.05. The molecule has 5 nitrogen and oxygen atoms in total. The molecular weight excluding hydrogens is 284 g/mol. The topological polar surface area (TPSA) is 56.3 Å². The van der Waals surface area contributed by atoms with E-state index in [1.54, 1.807) is 24.6 Å². The number of rotatable bonds is 7. The van der Waals surface area contributed by atoms with Gasteiger partial charge in [0.1, 0.15) is 5.69 Å². The van der Waals surface area contributed by atoms with Crippen LogP contribution in [0.4, 0.5) is 0 Å². The van der Waals surface area contributed by atoms with Crippen LogP contribution in [0, 0.1) is 0 Å². The van der Waals surface area contributed by atoms with E-state index in [1.807, 2.05) is 18.8 Å². The van der Waals surface area contributed by atoms with Gasteiger partial charge in [-0.25, -0.2) is 0 Å². The van der Waals surface area contributed by atoms with E-state index < -0.39 is 0 Å². The first-order chi connectivity index (χ1) is 10.1. The van der Waals surface area contributed by atoms with Crippen LogP contribution < -0.4 is 10.5 Å². The maximum atomic E-state index is 6.47. The molecule has 1 atom stereocenters. The third kappa shape index (κ3) is 3.64. The van der Waals surface area contributed by atoms with Gasteiger partial charge >= 0.3 is 0 Å². The summed E-state index contributed by atoms with van der Waals surface area (Å²) in [4.78, 5) is 4.62. The molecule has 0 spiro atoms. The van der Waals surface area contributed by atoms with Crippen LogP contribution in [-0.2, 0) is 13.0 Å². The number of nitrogens with two attached hydrogens (primary N) is 1. The van der Waals surface area contributed by atoms with Crippen LogP contribution in [0.25, 0.3) is 0 Å². The summed E-state index contributed by atoms with van der Waals surface area (Å²) in [6.07, 6.45) is 2.79. The van der Waals surface area contributed by atoms with Crippen molar-refractivity contribution in [3.8, 4) is 5.75 Å². The summed E-state index contributed by atoms with van der Waals surface area (Å²) in [7, 11) is 5.76. The fourth-order valence-electron chi connectivity index (χ4n) is 2.21. The first-order valence-corrected chi connectivity index (χ1v) is 7.97. The Hall–Kier alpha value is -1.37. The van der Waals surface area contributed by atoms with E-state index in [0.29, 0.717) is 0 Å². The summed E-state index contributed by atoms with van der Waals surface area (Å²) >= 11 is 1.76. The van der Waals surface area contributed by atoms with Crippen molar-refractivity contribution in [2.75, 3.05) is 27.7 Å². The van der Waals surface area contributed by atoms with Gasteiger partial charge in [0.25, 0.3) is 0 Å². The lowest BCUT2D eigenvalue weighted by atomic mass is 10.1. The molecule has 0 aliphatic heterocycles. The Kier molecular flexibility index (Phi) is 5.39. The third-order valence-corrected chi connectivity index (χ3v) is 4.77. The number of methoxy groups -OCH3 is 1. The number of ether oxygens (including phenoxy) is 1. The molecular formula is C15H24N4OS. The predicted molar refractivity (Wildman–Crippen MR) is 87.1 cm³/mol. The number of nitrogens with zero attached hydrogens (tertiary/aromatic N) is 3. The molecule has 21 heavy (non-hydrogen) atoms. The van der Waals surface area contributed by atoms with E-state index in [-0.39, 0.29) is 6.04 Å². The molecule has 0 bridgehead atoms. The van der Waals surface area contributed by atoms with Crippen molar-refractivity contribution in [3.05, 3.63) is 33.8 Å². The summed E-state index contributed by atoms with van der Waals surface area (Å²) in [5.41, 5.74) is 7.42. The quantitative estimate of drug-likeness (QED) is 0.851. The van der Waals surface area contributed by atoms with Crippen LogP contribution in [-0.4, -0.2) is 42.4 Å². The van der Waals surface area contributed by atoms with Crippen LogP contribution in [0.15, 0.2) is 18.3 Å². The van der Waals surface area contributed by atoms with Crippen molar-refractivity contribution in [2.45, 2.75) is 25.9 Å². The fourth-order valence-corrected chi connectivity index (χ4v) is 3.17. The highest BCUT2D eigenvalue weighted by Crippen LogP contribution is 2.32. The van der Waals surface area contributed by atoms with Gasteiger partial charge in [0.15, 0.2) is 5.75 Å². The van der Waals surface area contributed by atoms with E-state index >= 15 is 0 Å². The molecule has 2 N–H and O–H groups in total. The van der Waals surface area contributed by atoms with Crippen LogP contribution in [0.3, 0.4) is 0 Å². The fraction of sp³-hybridized carbons (Fsp3) is 0.533. The monoisotopic (exact) mass is 308 g/mol. The Morgan fingerprint density at radius 2 is 2.19 bits per heavy atom. The van der Waals surface area contributed by atoms with Crippen molar-refractivity contribution in [1.82, 2.24) is 14.7 Å². The van der Waals surface area contributed by atoms with E-state index in [0.717, 1.165) is 35.8 Å². The zero-order chi connectivity index (χ0) is 15.4. The smallest absolute Gasteiger partial charge is 0.161 e. The molecule has 116 valence electrons. The van der Waals surface area contributed by atoms with Crippen molar-refractivity contribution in [2.24, 2.45) is 5.73 Å². The molecule has 0 aliphatic carbocycles. The highest BCUT2D eigenvalue weighted by Gasteiger charge is 2.21. The standard InChI is InChI=1S/C15H24N4OS/c1-5-11-6-7-13(21-11)14(16)15-12(20-4)10-17-19(15)9-8-18(2)3/h6-7,10,14H,5,8-9,16H2,1-4H3. The van der Waals surface area contributed by atoms with Crippen LogP contribution >= 0.6 is 11.3 Å². The van der Waals surface area contributed by atoms with Crippen molar-refractivity contribution in [3.63, 3.8) is 0 Å². The molecule has 1 unspecified atom stereocenters. The molecule has 0 saturated carbocycles. The minimum absolute atomic E-state index is 0.199. The van der Waals surface area contributed by atoms with Crippen molar-refractivity contribution in [1.29, 1.82) is 0 Å². The number of hydrogen-bond acceptors (Lipinski definition) is 5. The van der Waals surface area contributed by atoms with Gasteiger partial charge in [-0.1, -0.05) is 6.92 Å². The third-order valence-electron chi connectivity index (χ3n) is 3.46. The molecule has 0 aliphatic rings. The minimum Gasteiger partial charge on any atom is -0.493 e. The second-order valence-corrected chi connectivity index (χ2v) is 6.46. The largest absolute Gasteiger partial charge is 0.493 e. The lowest BCUT2D eigenvalue weighted by Crippen LogP contribution is -2.23. The summed E-state index contributed by atoms with van der Waals surface area (Å²) in [5, 5.41) is 4.42. The van der Waals surface area contributed by atoms with E-state index in [2.05, 4.69) is 29.1 Å². The Labute approximate surface area is 130 Å². The van der Waals surface area contributed by atoms with E-state index in [9.17, 15) is 0 Å². The molecule has 0 amide bonds. The van der Waals surface area contributed by atoms with Crippen molar-refractivity contribution < 1.29 is 4.74 Å². The first-order valence-electron chi connectivity index (χ1n) is 7.15. The Morgan fingerprint density at radius 1 is 1.43 bits per heavy atom. The normalized spacial score (nSPS) is 12.9. The highest BCUT2D eigenvalue weighted by atomic mass is 32.1. The number of thiophene rings is 1. The van der Waals surface area contributed by atoms with Gasteiger partial charge in [0.05, 0.1) is 25.9 Å². The average molecular weight is 308 g/mol. The first kappa shape index (κ1) is 16.0. The summed E-state index contributed by atoms with van der Waals surface area (Å²) in [5.74, 6) is 0.757. The van der Waals surface area contributed by atoms with Crippen LogP contribution in [0.2, 0.25) is 0 Å². The van der Waals surface area contributed by atoms with Crippen molar-refractivity contribution >= 4 is 11.3 Å². The molecule has 0 fully saturated rings. The predicted octanol–water partition coefficient (Wildman–Crippen LogP) is 2.13. The molecule has 6 heteroatoms. The second kappa shape index (κ2) is 7.06. The van der Waals surface area contributed by atoms with Gasteiger partial charge < -0.3 is 15.4 Å². The molecule has 2 heterocycles. The molecule has 0 saturated heterocycles. The summed E-state index contributed by atoms with van der Waals surface area (Å²) < 4.78 is 7.39. The maximum Gasteiger partial charge on any atom is 0.161 e. The Balaban J connectivity index is 2.29.